The summed E-state index contributed by atoms with van der Waals surface area (Å²) in [4.78, 5) is 33.1. The molecule has 27 heavy (non-hydrogen) atoms. The first kappa shape index (κ1) is 18.2. The number of nitrogens with zero attached hydrogens (tertiary/aromatic N) is 5. The third-order valence-electron chi connectivity index (χ3n) is 5.55. The minimum atomic E-state index is -0.0268. The van der Waals surface area contributed by atoms with E-state index in [0.717, 1.165) is 43.6 Å². The van der Waals surface area contributed by atoms with Gasteiger partial charge in [0, 0.05) is 69.1 Å². The fraction of sp³-hybridized carbons (Fsp3) is 0.579. The highest BCUT2D eigenvalue weighted by Gasteiger charge is 2.28. The van der Waals surface area contributed by atoms with Crippen molar-refractivity contribution in [3.8, 4) is 0 Å². The lowest BCUT2D eigenvalue weighted by molar-refractivity contribution is -0.132. The number of thiazole rings is 1. The van der Waals surface area contributed by atoms with Gasteiger partial charge in [-0.2, -0.15) is 5.10 Å². The Morgan fingerprint density at radius 2 is 1.96 bits per heavy atom. The Kier molecular flexibility index (Phi) is 5.24. The number of carbonyl (C=O) groups is 2. The standard InChI is InChI=1S/C19H25N5O2S/c1-22-17-7-10-24(19(26)16-12-27-13-20-16)11-14(17)15(21-22)5-6-18(25)23-8-3-2-4-9-23/h12-13H,2-11H2,1H3. The minimum Gasteiger partial charge on any atom is -0.343 e. The average Bonchev–Trinajstić information content (AvgIpc) is 3.34. The highest BCUT2D eigenvalue weighted by molar-refractivity contribution is 7.07. The van der Waals surface area contributed by atoms with Gasteiger partial charge in [-0.3, -0.25) is 14.3 Å². The number of hydrogen-bond donors (Lipinski definition) is 0. The van der Waals surface area contributed by atoms with E-state index < -0.39 is 0 Å². The second-order valence-corrected chi connectivity index (χ2v) is 8.01. The van der Waals surface area contributed by atoms with Gasteiger partial charge in [0.15, 0.2) is 0 Å². The highest BCUT2D eigenvalue weighted by atomic mass is 32.1. The molecule has 0 unspecified atom stereocenters. The van der Waals surface area contributed by atoms with Crippen LogP contribution in [0.5, 0.6) is 0 Å². The van der Waals surface area contributed by atoms with Crippen LogP contribution in [-0.4, -0.2) is 56.0 Å². The zero-order valence-electron chi connectivity index (χ0n) is 15.7. The molecule has 4 rings (SSSR count). The molecule has 0 saturated carbocycles. The Morgan fingerprint density at radius 3 is 2.70 bits per heavy atom. The molecule has 0 aromatic carbocycles. The van der Waals surface area contributed by atoms with Crippen LogP contribution in [0.1, 0.15) is 53.1 Å². The molecule has 7 nitrogen and oxygen atoms in total. The van der Waals surface area contributed by atoms with E-state index in [4.69, 9.17) is 0 Å². The van der Waals surface area contributed by atoms with Crippen LogP contribution >= 0.6 is 11.3 Å². The van der Waals surface area contributed by atoms with E-state index in [-0.39, 0.29) is 11.8 Å². The molecule has 1 saturated heterocycles. The summed E-state index contributed by atoms with van der Waals surface area (Å²) in [6.07, 6.45) is 5.35. The van der Waals surface area contributed by atoms with Crippen LogP contribution in [0, 0.1) is 0 Å². The van der Waals surface area contributed by atoms with Crippen molar-refractivity contribution in [1.82, 2.24) is 24.6 Å². The monoisotopic (exact) mass is 387 g/mol. The molecule has 0 bridgehead atoms. The molecule has 0 N–H and O–H groups in total. The third kappa shape index (κ3) is 3.76. The van der Waals surface area contributed by atoms with Gasteiger partial charge in [0.25, 0.3) is 5.91 Å². The molecule has 2 amide bonds. The first-order chi connectivity index (χ1) is 13.1. The lowest BCUT2D eigenvalue weighted by Gasteiger charge is -2.28. The predicted octanol–water partition coefficient (Wildman–Crippen LogP) is 2.02. The summed E-state index contributed by atoms with van der Waals surface area (Å²) in [5.74, 6) is 0.196. The second kappa shape index (κ2) is 7.80. The molecule has 2 aromatic rings. The van der Waals surface area contributed by atoms with E-state index in [2.05, 4.69) is 10.1 Å². The largest absolute Gasteiger partial charge is 0.343 e. The van der Waals surface area contributed by atoms with Crippen molar-refractivity contribution < 1.29 is 9.59 Å². The fourth-order valence-electron chi connectivity index (χ4n) is 4.05. The molecule has 0 atom stereocenters. The number of amides is 2. The van der Waals surface area contributed by atoms with Crippen LogP contribution in [0.3, 0.4) is 0 Å². The summed E-state index contributed by atoms with van der Waals surface area (Å²) in [6.45, 7) is 2.99. The van der Waals surface area contributed by atoms with Gasteiger partial charge in [-0.15, -0.1) is 11.3 Å². The fourth-order valence-corrected chi connectivity index (χ4v) is 4.58. The molecule has 4 heterocycles. The molecular formula is C19H25N5O2S. The first-order valence-electron chi connectivity index (χ1n) is 9.62. The topological polar surface area (TPSA) is 71.3 Å². The molecule has 2 aliphatic heterocycles. The van der Waals surface area contributed by atoms with E-state index in [1.54, 1.807) is 10.9 Å². The van der Waals surface area contributed by atoms with E-state index in [0.29, 0.717) is 31.6 Å². The van der Waals surface area contributed by atoms with Crippen LogP contribution in [0.4, 0.5) is 0 Å². The number of aromatic nitrogens is 3. The van der Waals surface area contributed by atoms with Gasteiger partial charge < -0.3 is 9.80 Å². The van der Waals surface area contributed by atoms with Crippen molar-refractivity contribution in [1.29, 1.82) is 0 Å². The minimum absolute atomic E-state index is 0.0268. The van der Waals surface area contributed by atoms with Crippen LogP contribution < -0.4 is 0 Å². The average molecular weight is 388 g/mol. The lowest BCUT2D eigenvalue weighted by Crippen LogP contribution is -2.37. The first-order valence-corrected chi connectivity index (χ1v) is 10.6. The second-order valence-electron chi connectivity index (χ2n) is 7.29. The smallest absolute Gasteiger partial charge is 0.273 e. The maximum atomic E-state index is 12.6. The van der Waals surface area contributed by atoms with Crippen molar-refractivity contribution in [2.45, 2.75) is 45.1 Å². The van der Waals surface area contributed by atoms with Crippen molar-refractivity contribution in [2.24, 2.45) is 7.05 Å². The highest BCUT2D eigenvalue weighted by Crippen LogP contribution is 2.24. The summed E-state index contributed by atoms with van der Waals surface area (Å²) in [5.41, 5.74) is 5.43. The van der Waals surface area contributed by atoms with Gasteiger partial charge in [-0.05, 0) is 19.3 Å². The summed E-state index contributed by atoms with van der Waals surface area (Å²) in [7, 11) is 1.95. The SMILES string of the molecule is Cn1nc(CCC(=O)N2CCCCC2)c2c1CCN(C(=O)c1cscn1)C2. The predicted molar refractivity (Wildman–Crippen MR) is 103 cm³/mol. The van der Waals surface area contributed by atoms with Gasteiger partial charge in [0.05, 0.1) is 11.2 Å². The zero-order valence-corrected chi connectivity index (χ0v) is 16.5. The number of piperidine rings is 1. The number of rotatable bonds is 4. The Labute approximate surface area is 163 Å². The van der Waals surface area contributed by atoms with E-state index in [9.17, 15) is 9.59 Å². The molecular weight excluding hydrogens is 362 g/mol. The lowest BCUT2D eigenvalue weighted by atomic mass is 10.0. The summed E-state index contributed by atoms with van der Waals surface area (Å²) in [6, 6.07) is 0. The van der Waals surface area contributed by atoms with Crippen molar-refractivity contribution in [2.75, 3.05) is 19.6 Å². The van der Waals surface area contributed by atoms with E-state index in [1.807, 2.05) is 21.5 Å². The normalized spacial score (nSPS) is 17.1. The van der Waals surface area contributed by atoms with Gasteiger partial charge in [-0.1, -0.05) is 0 Å². The Morgan fingerprint density at radius 1 is 1.15 bits per heavy atom. The van der Waals surface area contributed by atoms with Crippen LogP contribution in [-0.2, 0) is 31.2 Å². The number of aryl methyl sites for hydroxylation is 2. The molecule has 1 fully saturated rings. The van der Waals surface area contributed by atoms with Crippen molar-refractivity contribution >= 4 is 23.2 Å². The van der Waals surface area contributed by atoms with Crippen LogP contribution in [0.15, 0.2) is 10.9 Å². The van der Waals surface area contributed by atoms with E-state index >= 15 is 0 Å². The molecule has 144 valence electrons. The van der Waals surface area contributed by atoms with Gasteiger partial charge in [0.1, 0.15) is 5.69 Å². The van der Waals surface area contributed by atoms with Gasteiger partial charge >= 0.3 is 0 Å². The summed E-state index contributed by atoms with van der Waals surface area (Å²) in [5, 5.41) is 6.45. The Bertz CT molecular complexity index is 824. The number of fused-ring (bicyclic) bond motifs is 1. The van der Waals surface area contributed by atoms with E-state index in [1.165, 1.54) is 23.5 Å². The molecule has 2 aliphatic rings. The van der Waals surface area contributed by atoms with Crippen LogP contribution in [0.25, 0.3) is 0 Å². The maximum Gasteiger partial charge on any atom is 0.273 e. The summed E-state index contributed by atoms with van der Waals surface area (Å²) < 4.78 is 1.92. The summed E-state index contributed by atoms with van der Waals surface area (Å²) >= 11 is 1.43. The number of hydrogen-bond acceptors (Lipinski definition) is 5. The van der Waals surface area contributed by atoms with Gasteiger partial charge in [0.2, 0.25) is 5.91 Å². The number of likely N-dealkylation sites (tertiary alicyclic amines) is 1. The molecule has 0 aliphatic carbocycles. The Balaban J connectivity index is 1.45. The van der Waals surface area contributed by atoms with Crippen molar-refractivity contribution in [3.05, 3.63) is 33.5 Å². The van der Waals surface area contributed by atoms with Crippen LogP contribution in [0.2, 0.25) is 0 Å². The molecule has 2 aromatic heterocycles. The Hall–Kier alpha value is -2.22. The van der Waals surface area contributed by atoms with Gasteiger partial charge in [-0.25, -0.2) is 4.98 Å². The molecule has 0 radical (unpaired) electrons. The zero-order chi connectivity index (χ0) is 18.8. The quantitative estimate of drug-likeness (QED) is 0.805. The number of carbonyl (C=O) groups excluding carboxylic acids is 2. The van der Waals surface area contributed by atoms with Crippen molar-refractivity contribution in [3.63, 3.8) is 0 Å². The maximum absolute atomic E-state index is 12.6. The molecule has 0 spiro atoms. The molecule has 8 heteroatoms. The third-order valence-corrected chi connectivity index (χ3v) is 6.14.